The normalized spacial score (nSPS) is 19.5. The van der Waals surface area contributed by atoms with Crippen LogP contribution in [0.4, 0.5) is 5.69 Å². The van der Waals surface area contributed by atoms with Crippen molar-refractivity contribution in [1.82, 2.24) is 0 Å². The van der Waals surface area contributed by atoms with Gasteiger partial charge in [0.15, 0.2) is 0 Å². The molecule has 2 aliphatic carbocycles. The Labute approximate surface area is 240 Å². The highest BCUT2D eigenvalue weighted by atomic mass is 16.6. The Morgan fingerprint density at radius 3 is 2.17 bits per heavy atom. The van der Waals surface area contributed by atoms with Crippen molar-refractivity contribution in [3.05, 3.63) is 122 Å². The molecule has 1 spiro atoms. The fourth-order valence-corrected chi connectivity index (χ4v) is 7.24. The van der Waals surface area contributed by atoms with Crippen LogP contribution in [0.25, 0.3) is 0 Å². The average molecular weight is 550 g/mol. The summed E-state index contributed by atoms with van der Waals surface area (Å²) in [6.45, 7) is 11.4. The van der Waals surface area contributed by atoms with Gasteiger partial charge in [-0.15, -0.1) is 0 Å². The third-order valence-electron chi connectivity index (χ3n) is 8.89. The number of ether oxygens (including phenoxy) is 2. The van der Waals surface area contributed by atoms with Crippen molar-refractivity contribution in [2.24, 2.45) is 0 Å². The number of hydrogen-bond donors (Lipinski definition) is 1. The maximum Gasteiger partial charge on any atom is 0.311 e. The summed E-state index contributed by atoms with van der Waals surface area (Å²) < 4.78 is 12.3. The van der Waals surface area contributed by atoms with E-state index in [9.17, 15) is 15.2 Å². The lowest BCUT2D eigenvalue weighted by atomic mass is 9.72. The quantitative estimate of drug-likeness (QED) is 0.192. The van der Waals surface area contributed by atoms with Crippen LogP contribution in [0.3, 0.4) is 0 Å². The number of aromatic hydroxyl groups is 1. The summed E-state index contributed by atoms with van der Waals surface area (Å²) in [5, 5.41) is 22.0. The monoisotopic (exact) mass is 549 g/mol. The number of nitrogens with zero attached hydrogens (tertiary/aromatic N) is 1. The van der Waals surface area contributed by atoms with Crippen molar-refractivity contribution in [2.45, 2.75) is 70.3 Å². The van der Waals surface area contributed by atoms with Gasteiger partial charge < -0.3 is 14.6 Å². The first kappa shape index (κ1) is 26.9. The van der Waals surface area contributed by atoms with Crippen LogP contribution in [0.15, 0.2) is 78.9 Å². The number of phenols is 1. The molecular weight excluding hydrogens is 514 g/mol. The van der Waals surface area contributed by atoms with E-state index in [0.717, 1.165) is 24.0 Å². The number of benzene rings is 4. The van der Waals surface area contributed by atoms with Crippen molar-refractivity contribution >= 4 is 5.69 Å². The zero-order valence-electron chi connectivity index (χ0n) is 24.2. The van der Waals surface area contributed by atoms with Crippen molar-refractivity contribution in [1.29, 1.82) is 0 Å². The van der Waals surface area contributed by atoms with E-state index in [0.29, 0.717) is 17.2 Å². The number of nitro benzene ring substituents is 1. The van der Waals surface area contributed by atoms with Gasteiger partial charge >= 0.3 is 5.69 Å². The van der Waals surface area contributed by atoms with Crippen LogP contribution in [-0.2, 0) is 22.9 Å². The van der Waals surface area contributed by atoms with E-state index < -0.39 is 4.92 Å². The molecule has 6 nitrogen and oxygen atoms in total. The first-order chi connectivity index (χ1) is 19.4. The predicted octanol–water partition coefficient (Wildman–Crippen LogP) is 8.63. The van der Waals surface area contributed by atoms with Gasteiger partial charge in [-0.2, -0.15) is 0 Å². The van der Waals surface area contributed by atoms with Crippen molar-refractivity contribution in [3.8, 4) is 23.0 Å². The fraction of sp³-hybridized carbons (Fsp3) is 0.314. The minimum Gasteiger partial charge on any atom is -0.508 e. The Balaban J connectivity index is 1.40. The van der Waals surface area contributed by atoms with Gasteiger partial charge in [-0.3, -0.25) is 10.1 Å². The van der Waals surface area contributed by atoms with Crippen molar-refractivity contribution < 1.29 is 19.5 Å². The summed E-state index contributed by atoms with van der Waals surface area (Å²) in [5.41, 5.74) is 6.52. The minimum atomic E-state index is -0.437. The fourth-order valence-electron chi connectivity index (χ4n) is 7.24. The number of rotatable bonds is 6. The van der Waals surface area contributed by atoms with Crippen LogP contribution < -0.4 is 9.47 Å². The molecule has 0 fully saturated rings. The number of phenolic OH excluding ortho intramolecular Hbond substituents is 1. The highest BCUT2D eigenvalue weighted by Gasteiger charge is 2.56. The van der Waals surface area contributed by atoms with Gasteiger partial charge in [0.2, 0.25) is 5.75 Å². The van der Waals surface area contributed by atoms with E-state index in [1.54, 1.807) is 18.2 Å². The van der Waals surface area contributed by atoms with E-state index in [4.69, 9.17) is 9.47 Å². The van der Waals surface area contributed by atoms with Crippen molar-refractivity contribution in [2.75, 3.05) is 0 Å². The van der Waals surface area contributed by atoms with Crippen LogP contribution in [0.5, 0.6) is 23.0 Å². The Bertz CT molecular complexity index is 1670. The molecule has 0 amide bonds. The summed E-state index contributed by atoms with van der Waals surface area (Å²) in [6.07, 6.45) is 1.90. The molecule has 0 heterocycles. The summed E-state index contributed by atoms with van der Waals surface area (Å²) in [6, 6.07) is 24.5. The lowest BCUT2D eigenvalue weighted by Gasteiger charge is -2.30. The lowest BCUT2D eigenvalue weighted by Crippen LogP contribution is -2.26. The summed E-state index contributed by atoms with van der Waals surface area (Å²) in [5.74, 6) is 1.65. The largest absolute Gasteiger partial charge is 0.508 e. The molecule has 4 aromatic rings. The Morgan fingerprint density at radius 2 is 1.49 bits per heavy atom. The van der Waals surface area contributed by atoms with Gasteiger partial charge in [0.05, 0.1) is 4.92 Å². The third-order valence-corrected chi connectivity index (χ3v) is 8.89. The number of hydrogen-bond acceptors (Lipinski definition) is 5. The molecule has 1 N–H and O–H groups in total. The third kappa shape index (κ3) is 4.51. The van der Waals surface area contributed by atoms with E-state index in [1.807, 2.05) is 43.3 Å². The summed E-state index contributed by atoms with van der Waals surface area (Å²) in [4.78, 5) is 11.3. The molecule has 0 aromatic heterocycles. The highest BCUT2D eigenvalue weighted by molar-refractivity contribution is 5.63. The maximum atomic E-state index is 11.7. The molecule has 4 aromatic carbocycles. The molecule has 6 rings (SSSR count). The number of fused-ring (bicyclic) bond motifs is 4. The summed E-state index contributed by atoms with van der Waals surface area (Å²) in [7, 11) is 0. The van der Waals surface area contributed by atoms with E-state index >= 15 is 0 Å². The topological polar surface area (TPSA) is 81.8 Å². The first-order valence-electron chi connectivity index (χ1n) is 14.0. The maximum absolute atomic E-state index is 11.7. The number of nitro groups is 1. The molecule has 1 atom stereocenters. The second kappa shape index (κ2) is 9.37. The average Bonchev–Trinajstić information content (AvgIpc) is 3.27. The standard InChI is InChI=1S/C35H35NO5/c1-22-15-27-29(35(20-33(27,2)3)21-34(4,5)28-16-24(37)11-13-26(28)35)18-31(22)41-25-12-14-30(36(38)39)32(17-25)40-19-23-9-7-6-8-10-23/h6-18,37H,19-21H2,1-5H3. The zero-order valence-corrected chi connectivity index (χ0v) is 24.2. The second-order valence-corrected chi connectivity index (χ2v) is 12.9. The smallest absolute Gasteiger partial charge is 0.311 e. The molecule has 6 heteroatoms. The van der Waals surface area contributed by atoms with Crippen LogP contribution in [0, 0.1) is 17.0 Å². The predicted molar refractivity (Wildman–Crippen MR) is 159 cm³/mol. The molecule has 0 radical (unpaired) electrons. The molecule has 0 bridgehead atoms. The Kier molecular flexibility index (Phi) is 6.14. The summed E-state index contributed by atoms with van der Waals surface area (Å²) >= 11 is 0. The Hall–Kier alpha value is -4.32. The van der Waals surface area contributed by atoms with Gasteiger partial charge in [-0.25, -0.2) is 0 Å². The van der Waals surface area contributed by atoms with Gasteiger partial charge in [0.25, 0.3) is 0 Å². The molecule has 210 valence electrons. The molecule has 0 saturated carbocycles. The zero-order chi connectivity index (χ0) is 29.2. The highest BCUT2D eigenvalue weighted by Crippen LogP contribution is 2.63. The molecule has 1 unspecified atom stereocenters. The van der Waals surface area contributed by atoms with Crippen LogP contribution >= 0.6 is 0 Å². The molecule has 0 aliphatic heterocycles. The Morgan fingerprint density at radius 1 is 0.805 bits per heavy atom. The first-order valence-corrected chi connectivity index (χ1v) is 14.0. The van der Waals surface area contributed by atoms with Crippen LogP contribution in [-0.4, -0.2) is 10.0 Å². The van der Waals surface area contributed by atoms with Crippen LogP contribution in [0.1, 0.15) is 73.9 Å². The van der Waals surface area contributed by atoms with E-state index in [-0.39, 0.29) is 34.3 Å². The van der Waals surface area contributed by atoms with Gasteiger partial charge in [-0.05, 0) is 88.2 Å². The van der Waals surface area contributed by atoms with E-state index in [1.165, 1.54) is 28.3 Å². The van der Waals surface area contributed by atoms with E-state index in [2.05, 4.69) is 45.9 Å². The molecule has 41 heavy (non-hydrogen) atoms. The SMILES string of the molecule is Cc1cc2c(cc1Oc1ccc([N+](=O)[O-])c(OCc3ccccc3)c1)C1(CC(C)(C)c3cc(O)ccc31)CC2(C)C. The van der Waals surface area contributed by atoms with Gasteiger partial charge in [0.1, 0.15) is 23.9 Å². The number of aryl methyl sites for hydroxylation is 1. The minimum absolute atomic E-state index is 0.0417. The van der Waals surface area contributed by atoms with Crippen LogP contribution in [0.2, 0.25) is 0 Å². The molecular formula is C35H35NO5. The van der Waals surface area contributed by atoms with Gasteiger partial charge in [-0.1, -0.05) is 70.2 Å². The van der Waals surface area contributed by atoms with Crippen molar-refractivity contribution in [3.63, 3.8) is 0 Å². The molecule has 0 saturated heterocycles. The van der Waals surface area contributed by atoms with Gasteiger partial charge in [0, 0.05) is 17.5 Å². The lowest BCUT2D eigenvalue weighted by molar-refractivity contribution is -0.386. The molecule has 2 aliphatic rings. The second-order valence-electron chi connectivity index (χ2n) is 12.9.